The molecule has 3 rings (SSSR count). The minimum Gasteiger partial charge on any atom is -0.465 e. The lowest BCUT2D eigenvalue weighted by atomic mass is 10.1. The number of carbonyl (C=O) groups excluding carboxylic acids is 2. The summed E-state index contributed by atoms with van der Waals surface area (Å²) in [6.45, 7) is 6.39. The quantitative estimate of drug-likeness (QED) is 0.398. The number of thioether (sulfide) groups is 1. The molecule has 0 aliphatic carbocycles. The Labute approximate surface area is 187 Å². The van der Waals surface area contributed by atoms with Gasteiger partial charge < -0.3 is 14.6 Å². The highest BCUT2D eigenvalue weighted by Crippen LogP contribution is 2.33. The van der Waals surface area contributed by atoms with E-state index >= 15 is 0 Å². The van der Waals surface area contributed by atoms with E-state index in [0.29, 0.717) is 27.3 Å². The highest BCUT2D eigenvalue weighted by Gasteiger charge is 2.22. The molecule has 0 atom stereocenters. The fourth-order valence-electron chi connectivity index (χ4n) is 2.85. The third-order valence-electron chi connectivity index (χ3n) is 4.50. The van der Waals surface area contributed by atoms with Crippen molar-refractivity contribution in [2.75, 3.05) is 18.2 Å². The number of halogens is 1. The zero-order valence-electron chi connectivity index (χ0n) is 17.0. The summed E-state index contributed by atoms with van der Waals surface area (Å²) in [5.74, 6) is 0.160. The van der Waals surface area contributed by atoms with Crippen molar-refractivity contribution in [3.8, 4) is 11.4 Å². The number of nitrogens with zero attached hydrogens (tertiary/aromatic N) is 3. The van der Waals surface area contributed by atoms with E-state index < -0.39 is 5.97 Å². The van der Waals surface area contributed by atoms with Gasteiger partial charge in [0.2, 0.25) is 5.91 Å². The van der Waals surface area contributed by atoms with Crippen molar-refractivity contribution in [3.05, 3.63) is 45.3 Å². The number of rotatable bonds is 7. The Morgan fingerprint density at radius 3 is 2.57 bits per heavy atom. The second-order valence-electron chi connectivity index (χ2n) is 6.37. The summed E-state index contributed by atoms with van der Waals surface area (Å²) in [7, 11) is 1.33. The van der Waals surface area contributed by atoms with Gasteiger partial charge in [-0.1, -0.05) is 23.4 Å². The number of benzene rings is 1. The molecule has 0 saturated heterocycles. The molecule has 1 amide bonds. The zero-order chi connectivity index (χ0) is 21.8. The minimum atomic E-state index is -0.460. The Hall–Kier alpha value is -2.36. The van der Waals surface area contributed by atoms with E-state index in [4.69, 9.17) is 16.3 Å². The SMILES string of the molecule is CCn1c(SCC(=O)Nc2sc(C)c(C)c2C(=O)OC)nnc1-c1ccc(Cl)cc1. The fourth-order valence-corrected chi connectivity index (χ4v) is 4.84. The number of methoxy groups -OCH3 is 1. The summed E-state index contributed by atoms with van der Waals surface area (Å²) in [6.07, 6.45) is 0. The minimum absolute atomic E-state index is 0.134. The number of nitrogens with one attached hydrogen (secondary N) is 1. The Kier molecular flexibility index (Phi) is 7.17. The number of carbonyl (C=O) groups is 2. The summed E-state index contributed by atoms with van der Waals surface area (Å²) >= 11 is 8.61. The second kappa shape index (κ2) is 9.63. The normalized spacial score (nSPS) is 10.8. The van der Waals surface area contributed by atoms with Gasteiger partial charge in [0.1, 0.15) is 5.00 Å². The summed E-state index contributed by atoms with van der Waals surface area (Å²) in [5, 5.41) is 13.1. The molecule has 30 heavy (non-hydrogen) atoms. The van der Waals surface area contributed by atoms with Crippen molar-refractivity contribution in [1.29, 1.82) is 0 Å². The fraction of sp³-hybridized carbons (Fsp3) is 0.300. The molecule has 7 nitrogen and oxygen atoms in total. The van der Waals surface area contributed by atoms with Crippen LogP contribution in [0.2, 0.25) is 5.02 Å². The molecule has 2 aromatic heterocycles. The van der Waals surface area contributed by atoms with E-state index in [1.807, 2.05) is 37.5 Å². The molecule has 0 fully saturated rings. The summed E-state index contributed by atoms with van der Waals surface area (Å²) in [5.41, 5.74) is 2.12. The summed E-state index contributed by atoms with van der Waals surface area (Å²) in [6, 6.07) is 7.37. The smallest absolute Gasteiger partial charge is 0.341 e. The van der Waals surface area contributed by atoms with Gasteiger partial charge in [-0.2, -0.15) is 0 Å². The molecule has 0 radical (unpaired) electrons. The Morgan fingerprint density at radius 2 is 1.93 bits per heavy atom. The second-order valence-corrected chi connectivity index (χ2v) is 8.98. The molecule has 0 unspecified atom stereocenters. The number of thiophene rings is 1. The van der Waals surface area contributed by atoms with Crippen molar-refractivity contribution < 1.29 is 14.3 Å². The predicted octanol–water partition coefficient (Wildman–Crippen LogP) is 4.81. The van der Waals surface area contributed by atoms with E-state index in [2.05, 4.69) is 15.5 Å². The zero-order valence-corrected chi connectivity index (χ0v) is 19.4. The van der Waals surface area contributed by atoms with Crippen LogP contribution < -0.4 is 5.32 Å². The Bertz CT molecular complexity index is 1080. The lowest BCUT2D eigenvalue weighted by molar-refractivity contribution is -0.113. The first-order chi connectivity index (χ1) is 14.3. The molecule has 0 aliphatic rings. The first kappa shape index (κ1) is 22.3. The molecule has 0 spiro atoms. The van der Waals surface area contributed by atoms with Gasteiger partial charge in [0.05, 0.1) is 18.4 Å². The predicted molar refractivity (Wildman–Crippen MR) is 121 cm³/mol. The van der Waals surface area contributed by atoms with Crippen LogP contribution in [0.1, 0.15) is 27.7 Å². The number of ether oxygens (including phenoxy) is 1. The molecule has 1 aromatic carbocycles. The lowest BCUT2D eigenvalue weighted by Gasteiger charge is -2.08. The van der Waals surface area contributed by atoms with Gasteiger partial charge in [-0.25, -0.2) is 4.79 Å². The third-order valence-corrected chi connectivity index (χ3v) is 6.84. The molecule has 0 bridgehead atoms. The average molecular weight is 465 g/mol. The van der Waals surface area contributed by atoms with Crippen LogP contribution in [0.3, 0.4) is 0 Å². The first-order valence-corrected chi connectivity index (χ1v) is 11.3. The first-order valence-electron chi connectivity index (χ1n) is 9.15. The van der Waals surface area contributed by atoms with Crippen molar-refractivity contribution in [2.24, 2.45) is 0 Å². The molecule has 2 heterocycles. The Morgan fingerprint density at radius 1 is 1.23 bits per heavy atom. The summed E-state index contributed by atoms with van der Waals surface area (Å²) < 4.78 is 6.79. The number of aryl methyl sites for hydroxylation is 1. The number of aromatic nitrogens is 3. The van der Waals surface area contributed by atoms with E-state index in [9.17, 15) is 9.59 Å². The van der Waals surface area contributed by atoms with E-state index in [1.165, 1.54) is 30.2 Å². The molecule has 1 N–H and O–H groups in total. The standard InChI is InChI=1S/C20H21ClN4O3S2/c1-5-25-17(13-6-8-14(21)9-7-13)23-24-20(25)29-10-15(26)22-18-16(19(27)28-4)11(2)12(3)30-18/h6-9H,5,10H2,1-4H3,(H,22,26). The van der Waals surface area contributed by atoms with E-state index in [-0.39, 0.29) is 11.7 Å². The average Bonchev–Trinajstić information content (AvgIpc) is 3.26. The van der Waals surface area contributed by atoms with E-state index in [1.54, 1.807) is 12.1 Å². The van der Waals surface area contributed by atoms with Crippen LogP contribution in [0, 0.1) is 13.8 Å². The summed E-state index contributed by atoms with van der Waals surface area (Å²) in [4.78, 5) is 25.6. The van der Waals surface area contributed by atoms with Crippen molar-refractivity contribution in [1.82, 2.24) is 14.8 Å². The molecule has 10 heteroatoms. The van der Waals surface area contributed by atoms with Crippen molar-refractivity contribution >= 4 is 51.6 Å². The Balaban J connectivity index is 1.72. The van der Waals surface area contributed by atoms with Gasteiger partial charge in [0, 0.05) is 22.0 Å². The van der Waals surface area contributed by atoms with E-state index in [0.717, 1.165) is 21.8 Å². The van der Waals surface area contributed by atoms with Crippen LogP contribution >= 0.6 is 34.7 Å². The maximum absolute atomic E-state index is 12.5. The topological polar surface area (TPSA) is 86.1 Å². The number of hydrogen-bond acceptors (Lipinski definition) is 7. The molecular weight excluding hydrogens is 444 g/mol. The highest BCUT2D eigenvalue weighted by atomic mass is 35.5. The van der Waals surface area contributed by atoms with Gasteiger partial charge in [0.25, 0.3) is 0 Å². The van der Waals surface area contributed by atoms with Crippen molar-refractivity contribution in [3.63, 3.8) is 0 Å². The number of esters is 1. The van der Waals surface area contributed by atoms with Gasteiger partial charge >= 0.3 is 5.97 Å². The van der Waals surface area contributed by atoms with Crippen LogP contribution in [0.4, 0.5) is 5.00 Å². The van der Waals surface area contributed by atoms with Crippen LogP contribution in [0.5, 0.6) is 0 Å². The van der Waals surface area contributed by atoms with Crippen LogP contribution in [-0.4, -0.2) is 39.5 Å². The maximum Gasteiger partial charge on any atom is 0.341 e. The van der Waals surface area contributed by atoms with Crippen molar-refractivity contribution in [2.45, 2.75) is 32.5 Å². The number of anilines is 1. The molecular formula is C20H21ClN4O3S2. The van der Waals surface area contributed by atoms with Gasteiger partial charge in [-0.3, -0.25) is 4.79 Å². The lowest BCUT2D eigenvalue weighted by Crippen LogP contribution is -2.16. The molecule has 0 saturated carbocycles. The largest absolute Gasteiger partial charge is 0.465 e. The van der Waals surface area contributed by atoms with Gasteiger partial charge in [-0.05, 0) is 50.6 Å². The monoisotopic (exact) mass is 464 g/mol. The number of amides is 1. The van der Waals surface area contributed by atoms with Gasteiger partial charge in [-0.15, -0.1) is 21.5 Å². The van der Waals surface area contributed by atoms with Crippen LogP contribution in [0.25, 0.3) is 11.4 Å². The number of hydrogen-bond donors (Lipinski definition) is 1. The van der Waals surface area contributed by atoms with Gasteiger partial charge in [0.15, 0.2) is 11.0 Å². The van der Waals surface area contributed by atoms with Crippen LogP contribution in [0.15, 0.2) is 29.4 Å². The molecule has 0 aliphatic heterocycles. The maximum atomic E-state index is 12.5. The highest BCUT2D eigenvalue weighted by molar-refractivity contribution is 7.99. The van der Waals surface area contributed by atoms with Crippen LogP contribution in [-0.2, 0) is 16.1 Å². The molecule has 158 valence electrons. The third kappa shape index (κ3) is 4.69. The molecule has 3 aromatic rings.